The topological polar surface area (TPSA) is 73.3 Å². The fourth-order valence-electron chi connectivity index (χ4n) is 3.81. The van der Waals surface area contributed by atoms with Crippen LogP contribution in [-0.2, 0) is 6.42 Å². The second kappa shape index (κ2) is 7.91. The minimum absolute atomic E-state index is 0.0911. The van der Waals surface area contributed by atoms with Crippen LogP contribution in [0.15, 0.2) is 48.5 Å². The van der Waals surface area contributed by atoms with E-state index in [1.807, 2.05) is 55.5 Å². The zero-order chi connectivity index (χ0) is 20.4. The van der Waals surface area contributed by atoms with Crippen molar-refractivity contribution >= 4 is 17.4 Å². The molecule has 4 rings (SSSR count). The molecule has 3 aromatic rings. The first kappa shape index (κ1) is 18.9. The Labute approximate surface area is 169 Å². The molecule has 0 saturated heterocycles. The number of fused-ring (bicyclic) bond motifs is 1. The quantitative estimate of drug-likeness (QED) is 0.695. The summed E-state index contributed by atoms with van der Waals surface area (Å²) in [6.07, 6.45) is 1.15. The average molecular weight is 389 g/mol. The highest BCUT2D eigenvalue weighted by Crippen LogP contribution is 2.34. The Morgan fingerprint density at radius 1 is 0.966 bits per heavy atom. The lowest BCUT2D eigenvalue weighted by Crippen LogP contribution is -2.22. The first-order chi connectivity index (χ1) is 14.1. The van der Waals surface area contributed by atoms with Gasteiger partial charge >= 0.3 is 0 Å². The summed E-state index contributed by atoms with van der Waals surface area (Å²) in [6, 6.07) is 15.5. The molecule has 1 N–H and O–H groups in total. The zero-order valence-corrected chi connectivity index (χ0v) is 16.7. The Hall–Kier alpha value is -3.41. The third-order valence-electron chi connectivity index (χ3n) is 5.26. The number of para-hydroxylation sites is 2. The van der Waals surface area contributed by atoms with E-state index in [0.29, 0.717) is 35.8 Å². The number of nitrogens with zero attached hydrogens (tertiary/aromatic N) is 2. The normalized spacial score (nSPS) is 15.6. The molecule has 1 aromatic heterocycles. The van der Waals surface area contributed by atoms with Crippen LogP contribution in [0.25, 0.3) is 0 Å². The largest absolute Gasteiger partial charge is 0.497 e. The second-order valence-electron chi connectivity index (χ2n) is 7.08. The fraction of sp³-hybridized carbons (Fsp3) is 0.261. The molecular weight excluding hydrogens is 366 g/mol. The van der Waals surface area contributed by atoms with Crippen molar-refractivity contribution in [3.05, 3.63) is 71.0 Å². The maximum atomic E-state index is 12.8. The van der Waals surface area contributed by atoms with Crippen molar-refractivity contribution in [3.63, 3.8) is 0 Å². The van der Waals surface area contributed by atoms with Gasteiger partial charge in [0.05, 0.1) is 36.9 Å². The molecule has 0 saturated carbocycles. The number of hydrogen-bond acceptors (Lipinski definition) is 6. The highest BCUT2D eigenvalue weighted by molar-refractivity contribution is 5.99. The lowest BCUT2D eigenvalue weighted by molar-refractivity contribution is 0.0962. The van der Waals surface area contributed by atoms with Crippen LogP contribution in [0, 0.1) is 6.92 Å². The summed E-state index contributed by atoms with van der Waals surface area (Å²) in [5.41, 5.74) is 4.03. The lowest BCUT2D eigenvalue weighted by atomic mass is 9.81. The van der Waals surface area contributed by atoms with Crippen molar-refractivity contribution in [2.75, 3.05) is 19.5 Å². The molecule has 0 spiro atoms. The molecule has 1 atom stereocenters. The third-order valence-corrected chi connectivity index (χ3v) is 5.26. The lowest BCUT2D eigenvalue weighted by Gasteiger charge is -2.25. The van der Waals surface area contributed by atoms with E-state index in [2.05, 4.69) is 15.3 Å². The van der Waals surface area contributed by atoms with E-state index < -0.39 is 0 Å². The van der Waals surface area contributed by atoms with E-state index >= 15 is 0 Å². The molecule has 0 bridgehead atoms. The van der Waals surface area contributed by atoms with Gasteiger partial charge in [-0.2, -0.15) is 0 Å². The first-order valence-electron chi connectivity index (χ1n) is 9.53. The van der Waals surface area contributed by atoms with Crippen molar-refractivity contribution in [1.29, 1.82) is 0 Å². The van der Waals surface area contributed by atoms with Crippen LogP contribution in [0.4, 0.5) is 11.6 Å². The van der Waals surface area contributed by atoms with Crippen LogP contribution < -0.4 is 14.8 Å². The Morgan fingerprint density at radius 2 is 1.72 bits per heavy atom. The Balaban J connectivity index is 1.65. The van der Waals surface area contributed by atoms with Crippen LogP contribution in [0.3, 0.4) is 0 Å². The van der Waals surface area contributed by atoms with Crippen molar-refractivity contribution in [1.82, 2.24) is 9.97 Å². The van der Waals surface area contributed by atoms with Gasteiger partial charge in [-0.15, -0.1) is 0 Å². The number of hydrogen-bond donors (Lipinski definition) is 1. The van der Waals surface area contributed by atoms with Crippen LogP contribution in [0.1, 0.15) is 39.6 Å². The van der Waals surface area contributed by atoms with Gasteiger partial charge in [-0.3, -0.25) is 4.79 Å². The molecule has 148 valence electrons. The number of ether oxygens (including phenoxy) is 2. The molecule has 29 heavy (non-hydrogen) atoms. The Morgan fingerprint density at radius 3 is 2.45 bits per heavy atom. The molecule has 1 aliphatic rings. The molecule has 6 nitrogen and oxygen atoms in total. The number of aryl methyl sites for hydroxylation is 1. The summed E-state index contributed by atoms with van der Waals surface area (Å²) in [7, 11) is 3.27. The van der Waals surface area contributed by atoms with Gasteiger partial charge in [0.1, 0.15) is 11.5 Å². The zero-order valence-electron chi connectivity index (χ0n) is 16.7. The summed E-state index contributed by atoms with van der Waals surface area (Å²) < 4.78 is 10.6. The van der Waals surface area contributed by atoms with E-state index in [4.69, 9.17) is 9.47 Å². The minimum Gasteiger partial charge on any atom is -0.497 e. The minimum atomic E-state index is 0.0911. The number of benzene rings is 2. The number of aromatic nitrogens is 2. The van der Waals surface area contributed by atoms with Crippen molar-refractivity contribution in [2.24, 2.45) is 0 Å². The highest BCUT2D eigenvalue weighted by Gasteiger charge is 2.30. The molecule has 0 radical (unpaired) electrons. The molecular formula is C23H23N3O3. The fourth-order valence-corrected chi connectivity index (χ4v) is 3.81. The first-order valence-corrected chi connectivity index (χ1v) is 9.53. The van der Waals surface area contributed by atoms with Gasteiger partial charge in [0, 0.05) is 6.42 Å². The predicted octanol–water partition coefficient (Wildman–Crippen LogP) is 4.46. The van der Waals surface area contributed by atoms with Crippen LogP contribution in [0.2, 0.25) is 0 Å². The summed E-state index contributed by atoms with van der Waals surface area (Å²) in [5.74, 6) is 2.16. The van der Waals surface area contributed by atoms with Gasteiger partial charge < -0.3 is 14.8 Å². The number of ketones is 1. The van der Waals surface area contributed by atoms with Crippen LogP contribution in [-0.4, -0.2) is 30.0 Å². The van der Waals surface area contributed by atoms with Gasteiger partial charge in [0.15, 0.2) is 5.78 Å². The monoisotopic (exact) mass is 389 g/mol. The highest BCUT2D eigenvalue weighted by atomic mass is 16.5. The number of nitrogens with one attached hydrogen (secondary N) is 1. The molecule has 6 heteroatoms. The summed E-state index contributed by atoms with van der Waals surface area (Å²) in [5, 5.41) is 3.22. The molecule has 1 unspecified atom stereocenters. The number of carbonyl (C=O) groups is 1. The van der Waals surface area contributed by atoms with E-state index in [1.165, 1.54) is 0 Å². The van der Waals surface area contributed by atoms with Gasteiger partial charge in [-0.1, -0.05) is 24.3 Å². The summed E-state index contributed by atoms with van der Waals surface area (Å²) in [4.78, 5) is 22.0. The average Bonchev–Trinajstić information content (AvgIpc) is 2.73. The van der Waals surface area contributed by atoms with Crippen molar-refractivity contribution in [3.8, 4) is 11.5 Å². The van der Waals surface area contributed by atoms with E-state index in [1.54, 1.807) is 14.2 Å². The van der Waals surface area contributed by atoms with Gasteiger partial charge in [-0.05, 0) is 49.1 Å². The molecule has 1 heterocycles. The van der Waals surface area contributed by atoms with Gasteiger partial charge in [0.25, 0.3) is 0 Å². The van der Waals surface area contributed by atoms with E-state index in [9.17, 15) is 4.79 Å². The SMILES string of the molecule is COc1ccc(C2CC(=O)c3c(C)nc(Nc4ccccc4OC)nc3C2)cc1. The Bertz CT molecular complexity index is 1050. The molecule has 0 amide bonds. The van der Waals surface area contributed by atoms with E-state index in [0.717, 1.165) is 22.7 Å². The molecule has 0 aliphatic heterocycles. The number of Topliss-reactive ketones (excluding diaryl/α,β-unsaturated/α-hetero) is 1. The second-order valence-corrected chi connectivity index (χ2v) is 7.08. The maximum absolute atomic E-state index is 12.8. The molecule has 0 fully saturated rings. The summed E-state index contributed by atoms with van der Waals surface area (Å²) in [6.45, 7) is 1.86. The number of carbonyl (C=O) groups excluding carboxylic acids is 1. The number of rotatable bonds is 5. The van der Waals surface area contributed by atoms with Gasteiger partial charge in [0.2, 0.25) is 5.95 Å². The standard InChI is InChI=1S/C23H23N3O3/c1-14-22-19(26-23(24-14)25-18-6-4-5-7-21(18)29-3)12-16(13-20(22)27)15-8-10-17(28-2)11-9-15/h4-11,16H,12-13H2,1-3H3,(H,24,25,26). The van der Waals surface area contributed by atoms with Crippen LogP contribution in [0.5, 0.6) is 11.5 Å². The van der Waals surface area contributed by atoms with Crippen molar-refractivity contribution in [2.45, 2.75) is 25.7 Å². The van der Waals surface area contributed by atoms with Crippen molar-refractivity contribution < 1.29 is 14.3 Å². The summed E-state index contributed by atoms with van der Waals surface area (Å²) >= 11 is 0. The maximum Gasteiger partial charge on any atom is 0.227 e. The van der Waals surface area contributed by atoms with E-state index in [-0.39, 0.29) is 11.7 Å². The molecule has 2 aromatic carbocycles. The smallest absolute Gasteiger partial charge is 0.227 e. The van der Waals surface area contributed by atoms with Gasteiger partial charge in [-0.25, -0.2) is 9.97 Å². The number of methoxy groups -OCH3 is 2. The third kappa shape index (κ3) is 3.78. The number of anilines is 2. The molecule has 1 aliphatic carbocycles. The van der Waals surface area contributed by atoms with Crippen LogP contribution >= 0.6 is 0 Å². The predicted molar refractivity (Wildman–Crippen MR) is 111 cm³/mol. The Kier molecular flexibility index (Phi) is 5.16.